The molecule has 45 heavy (non-hydrogen) atoms. The molecule has 0 aliphatic heterocycles. The number of carboxylic acid groups (broad SMARTS) is 2. The van der Waals surface area contributed by atoms with Gasteiger partial charge in [-0.2, -0.15) is 5.48 Å². The zero-order chi connectivity index (χ0) is 32.6. The average molecular weight is 641 g/mol. The van der Waals surface area contributed by atoms with E-state index in [2.05, 4.69) is 24.6 Å². The summed E-state index contributed by atoms with van der Waals surface area (Å²) in [4.78, 5) is 41.7. The van der Waals surface area contributed by atoms with Crippen LogP contribution >= 0.6 is 0 Å². The predicted molar refractivity (Wildman–Crippen MR) is 164 cm³/mol. The lowest BCUT2D eigenvalue weighted by Crippen LogP contribution is -2.47. The van der Waals surface area contributed by atoms with E-state index in [-0.39, 0.29) is 54.6 Å². The average Bonchev–Trinajstić information content (AvgIpc) is 3.00. The van der Waals surface area contributed by atoms with Crippen molar-refractivity contribution in [2.45, 2.75) is 140 Å². The first kappa shape index (κ1) is 36.0. The molecule has 4 saturated carbocycles. The Bertz CT molecular complexity index is 963. The van der Waals surface area contributed by atoms with Gasteiger partial charge in [0.15, 0.2) is 0 Å². The number of ether oxygens (including phenoxy) is 2. The summed E-state index contributed by atoms with van der Waals surface area (Å²) in [6.07, 6.45) is 8.53. The SMILES string of the molecule is CC(C)(COC1CCC(NOCC2CC(O)CCC2C(=O)O)CC1)COC1CCC(NC(=O)C2CC(O)CCC2C(=O)O)CC1. The van der Waals surface area contributed by atoms with Gasteiger partial charge in [0.2, 0.25) is 5.91 Å². The molecule has 6 N–H and O–H groups in total. The van der Waals surface area contributed by atoms with Gasteiger partial charge in [-0.1, -0.05) is 13.8 Å². The number of amides is 1. The number of hydroxylamine groups is 1. The Kier molecular flexibility index (Phi) is 13.5. The van der Waals surface area contributed by atoms with Crippen LogP contribution in [0.25, 0.3) is 0 Å². The second kappa shape index (κ2) is 16.8. The van der Waals surface area contributed by atoms with E-state index in [9.17, 15) is 34.8 Å². The highest BCUT2D eigenvalue weighted by molar-refractivity contribution is 5.85. The molecule has 4 aliphatic rings. The van der Waals surface area contributed by atoms with E-state index in [4.69, 9.17) is 14.3 Å². The molecular formula is C33H56N2O10. The summed E-state index contributed by atoms with van der Waals surface area (Å²) in [7, 11) is 0. The molecule has 0 heterocycles. The van der Waals surface area contributed by atoms with Gasteiger partial charge in [-0.3, -0.25) is 14.4 Å². The standard InChI is InChI=1S/C33H56N2O10/c1-33(2,18-43-25-9-3-21(4-10-25)34-30(38)29-16-24(37)8-14-28(29)32(41)42)19-44-26-11-5-22(6-12-26)35-45-17-20-15-23(36)7-13-27(20)31(39)40/h20-29,35-37H,3-19H2,1-2H3,(H,34,38)(H,39,40)(H,41,42). The fourth-order valence-electron chi connectivity index (χ4n) is 7.51. The maximum atomic E-state index is 12.9. The van der Waals surface area contributed by atoms with Crippen LogP contribution in [0.2, 0.25) is 0 Å². The van der Waals surface area contributed by atoms with E-state index in [1.165, 1.54) is 0 Å². The monoisotopic (exact) mass is 640 g/mol. The fourth-order valence-corrected chi connectivity index (χ4v) is 7.51. The molecule has 258 valence electrons. The van der Waals surface area contributed by atoms with Crippen molar-refractivity contribution in [3.05, 3.63) is 0 Å². The van der Waals surface area contributed by atoms with E-state index < -0.39 is 41.9 Å². The Balaban J connectivity index is 1.07. The normalized spacial score (nSPS) is 36.3. The van der Waals surface area contributed by atoms with E-state index >= 15 is 0 Å². The molecule has 0 bridgehead atoms. The minimum atomic E-state index is -0.966. The van der Waals surface area contributed by atoms with Crippen LogP contribution in [0.15, 0.2) is 0 Å². The van der Waals surface area contributed by atoms with Gasteiger partial charge in [0.05, 0.1) is 62.0 Å². The molecule has 4 fully saturated rings. The molecule has 0 saturated heterocycles. The summed E-state index contributed by atoms with van der Waals surface area (Å²) in [5.74, 6) is -4.11. The Labute approximate surface area is 266 Å². The molecule has 4 aliphatic carbocycles. The van der Waals surface area contributed by atoms with Crippen LogP contribution in [-0.2, 0) is 28.7 Å². The Morgan fingerprint density at radius 3 is 1.73 bits per heavy atom. The second-order valence-electron chi connectivity index (χ2n) is 14.9. The van der Waals surface area contributed by atoms with Gasteiger partial charge in [-0.05, 0) is 95.8 Å². The van der Waals surface area contributed by atoms with Crippen LogP contribution in [0, 0.1) is 29.1 Å². The molecule has 12 nitrogen and oxygen atoms in total. The number of aliphatic carboxylic acids is 2. The second-order valence-corrected chi connectivity index (χ2v) is 14.9. The van der Waals surface area contributed by atoms with Crippen LogP contribution < -0.4 is 10.8 Å². The van der Waals surface area contributed by atoms with Crippen LogP contribution in [0.5, 0.6) is 0 Å². The first-order valence-electron chi connectivity index (χ1n) is 17.1. The Morgan fingerprint density at radius 2 is 1.18 bits per heavy atom. The third-order valence-corrected chi connectivity index (χ3v) is 10.4. The largest absolute Gasteiger partial charge is 0.481 e. The summed E-state index contributed by atoms with van der Waals surface area (Å²) < 4.78 is 12.6. The number of aliphatic hydroxyl groups is 2. The third kappa shape index (κ3) is 11.1. The zero-order valence-electron chi connectivity index (χ0n) is 27.0. The summed E-state index contributed by atoms with van der Waals surface area (Å²) in [6.45, 7) is 5.74. The molecule has 0 aromatic heterocycles. The molecule has 6 unspecified atom stereocenters. The highest BCUT2D eigenvalue weighted by Gasteiger charge is 2.40. The minimum Gasteiger partial charge on any atom is -0.481 e. The first-order valence-corrected chi connectivity index (χ1v) is 17.1. The lowest BCUT2D eigenvalue weighted by atomic mass is 9.77. The molecular weight excluding hydrogens is 584 g/mol. The summed E-state index contributed by atoms with van der Waals surface area (Å²) in [6, 6.07) is 0.199. The van der Waals surface area contributed by atoms with Gasteiger partial charge in [0.25, 0.3) is 0 Å². The van der Waals surface area contributed by atoms with Crippen molar-refractivity contribution in [2.24, 2.45) is 29.1 Å². The number of carbonyl (C=O) groups excluding carboxylic acids is 1. The van der Waals surface area contributed by atoms with Gasteiger partial charge < -0.3 is 40.1 Å². The van der Waals surface area contributed by atoms with Crippen LogP contribution in [0.3, 0.4) is 0 Å². The lowest BCUT2D eigenvalue weighted by Gasteiger charge is -2.35. The zero-order valence-corrected chi connectivity index (χ0v) is 27.0. The molecule has 0 radical (unpaired) electrons. The van der Waals surface area contributed by atoms with E-state index in [1.807, 2.05) is 0 Å². The van der Waals surface area contributed by atoms with Gasteiger partial charge in [0.1, 0.15) is 0 Å². The van der Waals surface area contributed by atoms with Gasteiger partial charge in [-0.15, -0.1) is 0 Å². The smallest absolute Gasteiger partial charge is 0.307 e. The number of hydrogen-bond acceptors (Lipinski definition) is 9. The number of carbonyl (C=O) groups is 3. The van der Waals surface area contributed by atoms with Crippen molar-refractivity contribution in [1.29, 1.82) is 0 Å². The molecule has 0 spiro atoms. The number of nitrogens with one attached hydrogen (secondary N) is 2. The minimum absolute atomic E-state index is 0.000888. The Morgan fingerprint density at radius 1 is 0.667 bits per heavy atom. The number of carboxylic acids is 2. The molecule has 1 amide bonds. The van der Waals surface area contributed by atoms with Gasteiger partial charge in [-0.25, -0.2) is 0 Å². The number of hydrogen-bond donors (Lipinski definition) is 6. The third-order valence-electron chi connectivity index (χ3n) is 10.4. The van der Waals surface area contributed by atoms with Gasteiger partial charge >= 0.3 is 11.9 Å². The van der Waals surface area contributed by atoms with Crippen molar-refractivity contribution >= 4 is 17.8 Å². The summed E-state index contributed by atoms with van der Waals surface area (Å²) >= 11 is 0. The van der Waals surface area contributed by atoms with Crippen molar-refractivity contribution in [1.82, 2.24) is 10.8 Å². The van der Waals surface area contributed by atoms with E-state index in [0.717, 1.165) is 51.4 Å². The Hall–Kier alpha value is -1.83. The van der Waals surface area contributed by atoms with Crippen molar-refractivity contribution in [2.75, 3.05) is 19.8 Å². The molecule has 4 rings (SSSR count). The number of aliphatic hydroxyl groups excluding tert-OH is 2. The summed E-state index contributed by atoms with van der Waals surface area (Å²) in [5, 5.41) is 41.9. The first-order chi connectivity index (χ1) is 21.4. The molecule has 12 heteroatoms. The van der Waals surface area contributed by atoms with Crippen LogP contribution in [0.4, 0.5) is 0 Å². The van der Waals surface area contributed by atoms with Crippen LogP contribution in [0.1, 0.15) is 104 Å². The number of rotatable bonds is 14. The lowest BCUT2D eigenvalue weighted by molar-refractivity contribution is -0.151. The van der Waals surface area contributed by atoms with Crippen molar-refractivity contribution in [3.8, 4) is 0 Å². The summed E-state index contributed by atoms with van der Waals surface area (Å²) in [5.41, 5.74) is 2.97. The van der Waals surface area contributed by atoms with Crippen LogP contribution in [-0.4, -0.2) is 94.6 Å². The topological polar surface area (TPSA) is 184 Å². The molecule has 0 aromatic rings. The van der Waals surface area contributed by atoms with E-state index in [1.54, 1.807) is 0 Å². The van der Waals surface area contributed by atoms with E-state index in [0.29, 0.717) is 45.3 Å². The molecule has 6 atom stereocenters. The van der Waals surface area contributed by atoms with Crippen molar-refractivity contribution in [3.63, 3.8) is 0 Å². The predicted octanol–water partition coefficient (Wildman–Crippen LogP) is 3.03. The quantitative estimate of drug-likeness (QED) is 0.153. The van der Waals surface area contributed by atoms with Gasteiger partial charge in [0, 0.05) is 17.5 Å². The fraction of sp³-hybridized carbons (Fsp3) is 0.909. The highest BCUT2D eigenvalue weighted by atomic mass is 16.6. The maximum Gasteiger partial charge on any atom is 0.307 e. The highest BCUT2D eigenvalue weighted by Crippen LogP contribution is 2.33. The molecule has 0 aromatic carbocycles. The van der Waals surface area contributed by atoms with Crippen molar-refractivity contribution < 1.29 is 49.1 Å². The maximum absolute atomic E-state index is 12.9.